The minimum absolute atomic E-state index is 0.164. The first-order valence-corrected chi connectivity index (χ1v) is 7.14. The topological polar surface area (TPSA) is 72.9 Å². The van der Waals surface area contributed by atoms with Crippen LogP contribution < -0.4 is 5.32 Å². The molecule has 0 saturated carbocycles. The Bertz CT molecular complexity index is 533. The molecule has 1 unspecified atom stereocenters. The average molecular weight is 291 g/mol. The van der Waals surface area contributed by atoms with Gasteiger partial charge in [-0.3, -0.25) is 4.90 Å². The summed E-state index contributed by atoms with van der Waals surface area (Å²) >= 11 is 0. The summed E-state index contributed by atoms with van der Waals surface area (Å²) in [6, 6.07) is 6.43. The average Bonchev–Trinajstić information content (AvgIpc) is 2.47. The van der Waals surface area contributed by atoms with Crippen LogP contribution in [0.2, 0.25) is 0 Å². The second kappa shape index (κ2) is 6.58. The first-order valence-electron chi connectivity index (χ1n) is 7.14. The molecule has 2 N–H and O–H groups in total. The number of urea groups is 1. The highest BCUT2D eigenvalue weighted by Gasteiger charge is 2.25. The maximum absolute atomic E-state index is 12.2. The number of benzene rings is 1. The van der Waals surface area contributed by atoms with Crippen molar-refractivity contribution >= 4 is 17.7 Å². The van der Waals surface area contributed by atoms with Crippen molar-refractivity contribution < 1.29 is 14.7 Å². The van der Waals surface area contributed by atoms with Gasteiger partial charge in [0.05, 0.1) is 5.56 Å². The van der Waals surface area contributed by atoms with Crippen LogP contribution in [0.3, 0.4) is 0 Å². The van der Waals surface area contributed by atoms with E-state index in [-0.39, 0.29) is 11.6 Å². The Kier molecular flexibility index (Phi) is 4.80. The Balaban J connectivity index is 1.99. The van der Waals surface area contributed by atoms with E-state index in [1.54, 1.807) is 17.0 Å². The molecule has 0 aliphatic carbocycles. The molecule has 0 bridgehead atoms. The molecule has 6 nitrogen and oxygen atoms in total. The van der Waals surface area contributed by atoms with E-state index in [1.165, 1.54) is 12.1 Å². The van der Waals surface area contributed by atoms with Gasteiger partial charge >= 0.3 is 12.0 Å². The Morgan fingerprint density at radius 2 is 2.14 bits per heavy atom. The number of carboxylic acids is 1. The summed E-state index contributed by atoms with van der Waals surface area (Å²) in [6.45, 7) is 7.43. The predicted octanol–water partition coefficient (Wildman–Crippen LogP) is 1.94. The molecule has 1 aliphatic rings. The van der Waals surface area contributed by atoms with Gasteiger partial charge in [-0.1, -0.05) is 13.0 Å². The summed E-state index contributed by atoms with van der Waals surface area (Å²) in [7, 11) is 0. The molecule has 21 heavy (non-hydrogen) atoms. The third kappa shape index (κ3) is 3.72. The number of hydrogen-bond donors (Lipinski definition) is 2. The van der Waals surface area contributed by atoms with E-state index in [4.69, 9.17) is 5.11 Å². The quantitative estimate of drug-likeness (QED) is 0.892. The van der Waals surface area contributed by atoms with Gasteiger partial charge in [-0.15, -0.1) is 0 Å². The van der Waals surface area contributed by atoms with Gasteiger partial charge in [0, 0.05) is 31.4 Å². The van der Waals surface area contributed by atoms with Crippen molar-refractivity contribution in [3.8, 4) is 0 Å². The van der Waals surface area contributed by atoms with Crippen LogP contribution in [0.25, 0.3) is 0 Å². The molecule has 114 valence electrons. The zero-order valence-corrected chi connectivity index (χ0v) is 12.4. The molecule has 1 aromatic carbocycles. The second-order valence-electron chi connectivity index (χ2n) is 5.24. The SMILES string of the molecule is CCN1CCN(C(=O)Nc2cccc(C(=O)O)c2)CC1C. The van der Waals surface area contributed by atoms with Crippen molar-refractivity contribution in [1.29, 1.82) is 0 Å². The van der Waals surface area contributed by atoms with Crippen LogP contribution in [0, 0.1) is 0 Å². The Hall–Kier alpha value is -2.08. The standard InChI is InChI=1S/C15H21N3O3/c1-3-17-7-8-18(10-11(17)2)15(21)16-13-6-4-5-12(9-13)14(19)20/h4-6,9,11H,3,7-8,10H2,1-2H3,(H,16,21)(H,19,20). The van der Waals surface area contributed by atoms with Crippen molar-refractivity contribution in [2.45, 2.75) is 19.9 Å². The predicted molar refractivity (Wildman–Crippen MR) is 80.7 cm³/mol. The summed E-state index contributed by atoms with van der Waals surface area (Å²) in [5, 5.41) is 11.7. The lowest BCUT2D eigenvalue weighted by Gasteiger charge is -2.39. The number of carboxylic acid groups (broad SMARTS) is 1. The zero-order valence-electron chi connectivity index (χ0n) is 12.4. The van der Waals surface area contributed by atoms with Gasteiger partial charge in [0.25, 0.3) is 0 Å². The smallest absolute Gasteiger partial charge is 0.335 e. The molecule has 2 amide bonds. The largest absolute Gasteiger partial charge is 0.478 e. The zero-order chi connectivity index (χ0) is 15.4. The van der Waals surface area contributed by atoms with Gasteiger partial charge in [-0.2, -0.15) is 0 Å². The lowest BCUT2D eigenvalue weighted by Crippen LogP contribution is -2.54. The van der Waals surface area contributed by atoms with Crippen LogP contribution in [0.1, 0.15) is 24.2 Å². The summed E-state index contributed by atoms with van der Waals surface area (Å²) < 4.78 is 0. The lowest BCUT2D eigenvalue weighted by molar-refractivity contribution is 0.0697. The highest BCUT2D eigenvalue weighted by atomic mass is 16.4. The van der Waals surface area contributed by atoms with Crippen molar-refractivity contribution in [2.24, 2.45) is 0 Å². The first-order chi connectivity index (χ1) is 10.0. The summed E-state index contributed by atoms with van der Waals surface area (Å²) in [4.78, 5) is 27.3. The third-order valence-corrected chi connectivity index (χ3v) is 3.82. The maximum Gasteiger partial charge on any atom is 0.335 e. The van der Waals surface area contributed by atoms with Crippen LogP contribution in [0.15, 0.2) is 24.3 Å². The normalized spacial score (nSPS) is 19.3. The fourth-order valence-corrected chi connectivity index (χ4v) is 2.58. The minimum atomic E-state index is -1.00. The van der Waals surface area contributed by atoms with E-state index in [0.29, 0.717) is 24.8 Å². The van der Waals surface area contributed by atoms with E-state index < -0.39 is 5.97 Å². The molecule has 6 heteroatoms. The molecule has 2 rings (SSSR count). The number of anilines is 1. The minimum Gasteiger partial charge on any atom is -0.478 e. The lowest BCUT2D eigenvalue weighted by atomic mass is 10.2. The number of hydrogen-bond acceptors (Lipinski definition) is 3. The summed E-state index contributed by atoms with van der Waals surface area (Å²) in [6.07, 6.45) is 0. The van der Waals surface area contributed by atoms with Gasteiger partial charge in [0.15, 0.2) is 0 Å². The van der Waals surface area contributed by atoms with Gasteiger partial charge in [0.2, 0.25) is 0 Å². The maximum atomic E-state index is 12.2. The molecule has 1 heterocycles. The molecule has 1 aromatic rings. The molecule has 1 fully saturated rings. The second-order valence-corrected chi connectivity index (χ2v) is 5.24. The van der Waals surface area contributed by atoms with Gasteiger partial charge in [0.1, 0.15) is 0 Å². The third-order valence-electron chi connectivity index (χ3n) is 3.82. The monoisotopic (exact) mass is 291 g/mol. The highest BCUT2D eigenvalue weighted by molar-refractivity contribution is 5.93. The number of nitrogens with one attached hydrogen (secondary N) is 1. The van der Waals surface area contributed by atoms with E-state index in [0.717, 1.165) is 13.1 Å². The van der Waals surface area contributed by atoms with Gasteiger partial charge < -0.3 is 15.3 Å². The van der Waals surface area contributed by atoms with Crippen LogP contribution in [-0.2, 0) is 0 Å². The van der Waals surface area contributed by atoms with E-state index in [1.807, 2.05) is 0 Å². The molecule has 0 spiro atoms. The number of amides is 2. The molecule has 1 atom stereocenters. The Labute approximate surface area is 124 Å². The number of likely N-dealkylation sites (N-methyl/N-ethyl adjacent to an activating group) is 1. The van der Waals surface area contributed by atoms with Gasteiger partial charge in [-0.05, 0) is 31.7 Å². The fourth-order valence-electron chi connectivity index (χ4n) is 2.58. The number of piperazine rings is 1. The molecular formula is C15H21N3O3. The van der Waals surface area contributed by atoms with E-state index in [9.17, 15) is 9.59 Å². The van der Waals surface area contributed by atoms with Crippen LogP contribution in [-0.4, -0.2) is 59.1 Å². The number of nitrogens with zero attached hydrogens (tertiary/aromatic N) is 2. The molecule has 0 aromatic heterocycles. The van der Waals surface area contributed by atoms with Crippen molar-refractivity contribution in [3.63, 3.8) is 0 Å². The molecular weight excluding hydrogens is 270 g/mol. The van der Waals surface area contributed by atoms with Gasteiger partial charge in [-0.25, -0.2) is 9.59 Å². The van der Waals surface area contributed by atoms with Crippen molar-refractivity contribution in [3.05, 3.63) is 29.8 Å². The van der Waals surface area contributed by atoms with Crippen molar-refractivity contribution in [2.75, 3.05) is 31.5 Å². The molecule has 0 radical (unpaired) electrons. The Morgan fingerprint density at radius 3 is 2.76 bits per heavy atom. The number of rotatable bonds is 3. The number of carbonyl (C=O) groups is 2. The Morgan fingerprint density at radius 1 is 1.38 bits per heavy atom. The van der Waals surface area contributed by atoms with Crippen LogP contribution in [0.5, 0.6) is 0 Å². The summed E-state index contributed by atoms with van der Waals surface area (Å²) in [5.74, 6) is -1.00. The fraction of sp³-hybridized carbons (Fsp3) is 0.467. The highest BCUT2D eigenvalue weighted by Crippen LogP contribution is 2.14. The molecule has 1 saturated heterocycles. The number of carbonyl (C=O) groups excluding carboxylic acids is 1. The first kappa shape index (κ1) is 15.3. The van der Waals surface area contributed by atoms with Crippen LogP contribution in [0.4, 0.5) is 10.5 Å². The summed E-state index contributed by atoms with van der Waals surface area (Å²) in [5.41, 5.74) is 0.669. The van der Waals surface area contributed by atoms with E-state index >= 15 is 0 Å². The van der Waals surface area contributed by atoms with Crippen LogP contribution >= 0.6 is 0 Å². The molecule has 1 aliphatic heterocycles. The van der Waals surface area contributed by atoms with Crippen molar-refractivity contribution in [1.82, 2.24) is 9.80 Å². The van der Waals surface area contributed by atoms with E-state index in [2.05, 4.69) is 24.1 Å². The number of aromatic carboxylic acids is 1.